The molecule has 0 aromatic heterocycles. The molecule has 2 N–H and O–H groups in total. The van der Waals surface area contributed by atoms with Crippen LogP contribution in [0, 0.1) is 5.92 Å². The SMILES string of the molecule is CCC(C)(C)NC(=O)CNCCCOCC(C)C. The Hall–Kier alpha value is -0.610. The highest BCUT2D eigenvalue weighted by molar-refractivity contribution is 5.78. The van der Waals surface area contributed by atoms with Gasteiger partial charge in [-0.15, -0.1) is 0 Å². The van der Waals surface area contributed by atoms with Crippen molar-refractivity contribution < 1.29 is 9.53 Å². The molecule has 0 aliphatic heterocycles. The molecule has 108 valence electrons. The van der Waals surface area contributed by atoms with Crippen molar-refractivity contribution >= 4 is 5.91 Å². The molecule has 4 nitrogen and oxygen atoms in total. The van der Waals surface area contributed by atoms with Gasteiger partial charge in [-0.05, 0) is 39.2 Å². The van der Waals surface area contributed by atoms with Crippen LogP contribution in [0.2, 0.25) is 0 Å². The Balaban J connectivity index is 3.41. The highest BCUT2D eigenvalue weighted by atomic mass is 16.5. The molecule has 4 heteroatoms. The first-order chi connectivity index (χ1) is 8.37. The molecule has 0 saturated heterocycles. The second kappa shape index (κ2) is 9.34. The molecule has 0 aromatic rings. The Morgan fingerprint density at radius 3 is 2.56 bits per heavy atom. The van der Waals surface area contributed by atoms with E-state index >= 15 is 0 Å². The van der Waals surface area contributed by atoms with Crippen molar-refractivity contribution in [2.75, 3.05) is 26.3 Å². The fourth-order valence-electron chi connectivity index (χ4n) is 1.33. The quantitative estimate of drug-likeness (QED) is 0.589. The van der Waals surface area contributed by atoms with Crippen LogP contribution in [0.4, 0.5) is 0 Å². The van der Waals surface area contributed by atoms with E-state index in [2.05, 4.69) is 31.4 Å². The van der Waals surface area contributed by atoms with E-state index in [1.807, 2.05) is 13.8 Å². The van der Waals surface area contributed by atoms with Crippen molar-refractivity contribution in [3.63, 3.8) is 0 Å². The predicted octanol–water partition coefficient (Wildman–Crippen LogP) is 1.94. The average molecular weight is 258 g/mol. The summed E-state index contributed by atoms with van der Waals surface area (Å²) in [6.07, 6.45) is 1.87. The lowest BCUT2D eigenvalue weighted by atomic mass is 10.0. The van der Waals surface area contributed by atoms with Gasteiger partial charge in [0, 0.05) is 18.8 Å². The van der Waals surface area contributed by atoms with Crippen LogP contribution in [0.5, 0.6) is 0 Å². The number of carbonyl (C=O) groups excluding carboxylic acids is 1. The lowest BCUT2D eigenvalue weighted by Gasteiger charge is -2.24. The third kappa shape index (κ3) is 10.5. The van der Waals surface area contributed by atoms with Crippen LogP contribution in [0.25, 0.3) is 0 Å². The number of ether oxygens (including phenoxy) is 1. The number of hydrogen-bond donors (Lipinski definition) is 2. The van der Waals surface area contributed by atoms with Crippen LogP contribution in [-0.2, 0) is 9.53 Å². The Morgan fingerprint density at radius 2 is 2.00 bits per heavy atom. The molecule has 0 radical (unpaired) electrons. The summed E-state index contributed by atoms with van der Waals surface area (Å²) in [5.74, 6) is 0.643. The molecule has 0 unspecified atom stereocenters. The van der Waals surface area contributed by atoms with Crippen molar-refractivity contribution in [3.8, 4) is 0 Å². The fraction of sp³-hybridized carbons (Fsp3) is 0.929. The van der Waals surface area contributed by atoms with Crippen molar-refractivity contribution in [2.45, 2.75) is 53.0 Å². The van der Waals surface area contributed by atoms with Crippen LogP contribution in [-0.4, -0.2) is 37.7 Å². The minimum absolute atomic E-state index is 0.0601. The molecule has 18 heavy (non-hydrogen) atoms. The van der Waals surface area contributed by atoms with Crippen LogP contribution in [0.3, 0.4) is 0 Å². The lowest BCUT2D eigenvalue weighted by molar-refractivity contribution is -0.121. The summed E-state index contributed by atoms with van der Waals surface area (Å²) in [5, 5.41) is 6.12. The first kappa shape index (κ1) is 17.4. The zero-order valence-corrected chi connectivity index (χ0v) is 12.6. The second-order valence-corrected chi connectivity index (χ2v) is 5.78. The van der Waals surface area contributed by atoms with Gasteiger partial charge in [-0.3, -0.25) is 4.79 Å². The molecular weight excluding hydrogens is 228 g/mol. The first-order valence-corrected chi connectivity index (χ1v) is 6.97. The molecule has 0 fully saturated rings. The first-order valence-electron chi connectivity index (χ1n) is 6.97. The minimum Gasteiger partial charge on any atom is -0.381 e. The van der Waals surface area contributed by atoms with E-state index in [-0.39, 0.29) is 11.4 Å². The van der Waals surface area contributed by atoms with E-state index in [1.54, 1.807) is 0 Å². The van der Waals surface area contributed by atoms with Gasteiger partial charge in [-0.1, -0.05) is 20.8 Å². The zero-order chi connectivity index (χ0) is 14.0. The normalized spacial score (nSPS) is 11.9. The molecule has 0 spiro atoms. The van der Waals surface area contributed by atoms with Gasteiger partial charge in [-0.2, -0.15) is 0 Å². The maximum atomic E-state index is 11.6. The van der Waals surface area contributed by atoms with Crippen molar-refractivity contribution in [1.82, 2.24) is 10.6 Å². The summed E-state index contributed by atoms with van der Waals surface area (Å²) in [7, 11) is 0. The molecule has 0 aliphatic rings. The monoisotopic (exact) mass is 258 g/mol. The summed E-state index contributed by atoms with van der Waals surface area (Å²) in [5.41, 5.74) is -0.112. The minimum atomic E-state index is -0.112. The molecule has 0 saturated carbocycles. The van der Waals surface area contributed by atoms with Gasteiger partial charge in [-0.25, -0.2) is 0 Å². The number of carbonyl (C=O) groups is 1. The Morgan fingerprint density at radius 1 is 1.33 bits per heavy atom. The molecule has 0 rings (SSSR count). The highest BCUT2D eigenvalue weighted by Crippen LogP contribution is 2.05. The van der Waals surface area contributed by atoms with E-state index in [1.165, 1.54) is 0 Å². The Labute approximate surface area is 112 Å². The second-order valence-electron chi connectivity index (χ2n) is 5.78. The summed E-state index contributed by atoms with van der Waals surface area (Å²) in [6.45, 7) is 13.2. The molecule has 0 heterocycles. The topological polar surface area (TPSA) is 50.4 Å². The fourth-order valence-corrected chi connectivity index (χ4v) is 1.33. The summed E-state index contributed by atoms with van der Waals surface area (Å²) < 4.78 is 5.46. The largest absolute Gasteiger partial charge is 0.381 e. The van der Waals surface area contributed by atoms with Crippen molar-refractivity contribution in [1.29, 1.82) is 0 Å². The summed E-state index contributed by atoms with van der Waals surface area (Å²) >= 11 is 0. The van der Waals surface area contributed by atoms with Crippen molar-refractivity contribution in [3.05, 3.63) is 0 Å². The predicted molar refractivity (Wildman–Crippen MR) is 75.7 cm³/mol. The molecule has 0 atom stereocenters. The van der Waals surface area contributed by atoms with E-state index in [4.69, 9.17) is 4.74 Å². The number of amides is 1. The maximum absolute atomic E-state index is 11.6. The molecule has 1 amide bonds. The maximum Gasteiger partial charge on any atom is 0.234 e. The molecule has 0 bridgehead atoms. The summed E-state index contributed by atoms with van der Waals surface area (Å²) in [4.78, 5) is 11.6. The van der Waals surface area contributed by atoms with Gasteiger partial charge in [0.15, 0.2) is 0 Å². The van der Waals surface area contributed by atoms with Crippen LogP contribution in [0.15, 0.2) is 0 Å². The number of rotatable bonds is 10. The third-order valence-corrected chi connectivity index (χ3v) is 2.74. The van der Waals surface area contributed by atoms with E-state index in [0.717, 1.165) is 32.6 Å². The Bertz CT molecular complexity index is 228. The van der Waals surface area contributed by atoms with Gasteiger partial charge in [0.1, 0.15) is 0 Å². The van der Waals surface area contributed by atoms with E-state index in [9.17, 15) is 4.79 Å². The van der Waals surface area contributed by atoms with Gasteiger partial charge >= 0.3 is 0 Å². The standard InChI is InChI=1S/C14H30N2O2/c1-6-14(4,5)16-13(17)10-15-8-7-9-18-11-12(2)3/h12,15H,6-11H2,1-5H3,(H,16,17). The van der Waals surface area contributed by atoms with Crippen LogP contribution >= 0.6 is 0 Å². The molecule has 0 aliphatic carbocycles. The number of hydrogen-bond acceptors (Lipinski definition) is 3. The van der Waals surface area contributed by atoms with Gasteiger partial charge < -0.3 is 15.4 Å². The van der Waals surface area contributed by atoms with E-state index in [0.29, 0.717) is 12.5 Å². The summed E-state index contributed by atoms with van der Waals surface area (Å²) in [6, 6.07) is 0. The number of nitrogens with one attached hydrogen (secondary N) is 2. The van der Waals surface area contributed by atoms with Crippen LogP contribution in [0.1, 0.15) is 47.5 Å². The van der Waals surface area contributed by atoms with E-state index < -0.39 is 0 Å². The van der Waals surface area contributed by atoms with Crippen molar-refractivity contribution in [2.24, 2.45) is 5.92 Å². The average Bonchev–Trinajstić information content (AvgIpc) is 2.26. The molecule has 0 aromatic carbocycles. The lowest BCUT2D eigenvalue weighted by Crippen LogP contribution is -2.46. The van der Waals surface area contributed by atoms with Gasteiger partial charge in [0.25, 0.3) is 0 Å². The van der Waals surface area contributed by atoms with Crippen LogP contribution < -0.4 is 10.6 Å². The van der Waals surface area contributed by atoms with Gasteiger partial charge in [0.2, 0.25) is 5.91 Å². The van der Waals surface area contributed by atoms with Gasteiger partial charge in [0.05, 0.1) is 6.54 Å². The Kier molecular flexibility index (Phi) is 9.02. The molecular formula is C14H30N2O2. The smallest absolute Gasteiger partial charge is 0.234 e. The third-order valence-electron chi connectivity index (χ3n) is 2.74. The highest BCUT2D eigenvalue weighted by Gasteiger charge is 2.16. The zero-order valence-electron chi connectivity index (χ0n) is 12.6.